The van der Waals surface area contributed by atoms with Crippen molar-refractivity contribution in [1.29, 1.82) is 0 Å². The van der Waals surface area contributed by atoms with Crippen molar-refractivity contribution in [3.05, 3.63) is 30.3 Å². The van der Waals surface area contributed by atoms with Gasteiger partial charge in [0.2, 0.25) is 5.91 Å². The van der Waals surface area contributed by atoms with Gasteiger partial charge in [-0.05, 0) is 24.5 Å². The molecule has 10 heteroatoms. The Labute approximate surface area is 169 Å². The lowest BCUT2D eigenvalue weighted by atomic mass is 10.1. The first-order chi connectivity index (χ1) is 13.6. The second-order valence-electron chi connectivity index (χ2n) is 7.64. The van der Waals surface area contributed by atoms with E-state index in [4.69, 9.17) is 0 Å². The molecule has 156 valence electrons. The molecule has 1 aromatic rings. The number of hydrogen-bond donors (Lipinski definition) is 0. The van der Waals surface area contributed by atoms with Gasteiger partial charge in [0.05, 0.1) is 17.5 Å². The Bertz CT molecular complexity index is 944. The van der Waals surface area contributed by atoms with Crippen molar-refractivity contribution in [2.24, 2.45) is 5.92 Å². The third kappa shape index (κ3) is 4.31. The summed E-state index contributed by atoms with van der Waals surface area (Å²) in [5.74, 6) is -2.86. The highest BCUT2D eigenvalue weighted by Gasteiger charge is 2.46. The van der Waals surface area contributed by atoms with Crippen LogP contribution in [0.1, 0.15) is 20.3 Å². The van der Waals surface area contributed by atoms with Crippen LogP contribution in [-0.2, 0) is 24.2 Å². The minimum absolute atomic E-state index is 0.0312. The molecule has 2 saturated heterocycles. The quantitative estimate of drug-likeness (QED) is 0.493. The Morgan fingerprint density at radius 2 is 1.72 bits per heavy atom. The van der Waals surface area contributed by atoms with Crippen LogP contribution in [0.15, 0.2) is 30.3 Å². The van der Waals surface area contributed by atoms with E-state index in [1.165, 1.54) is 4.90 Å². The molecule has 0 radical (unpaired) electrons. The normalized spacial score (nSPS) is 21.3. The molecule has 5 amide bonds. The van der Waals surface area contributed by atoms with E-state index in [0.717, 1.165) is 4.90 Å². The predicted molar refractivity (Wildman–Crippen MR) is 105 cm³/mol. The van der Waals surface area contributed by atoms with Crippen molar-refractivity contribution in [2.45, 2.75) is 26.3 Å². The van der Waals surface area contributed by atoms with Crippen LogP contribution < -0.4 is 4.90 Å². The Balaban J connectivity index is 1.85. The van der Waals surface area contributed by atoms with Gasteiger partial charge in [0.1, 0.15) is 6.54 Å². The Kier molecular flexibility index (Phi) is 5.74. The molecule has 2 fully saturated rings. The number of nitrogens with zero attached hydrogens (tertiary/aromatic N) is 3. The zero-order chi connectivity index (χ0) is 21.3. The molecule has 0 aromatic heterocycles. The SMILES string of the molecule is CC(C)CN1C(=O)C(=O)N(CC(=O)N(c2ccccc2)[C@@H]2CCS(=O)(=O)C2)C1=O. The number of anilines is 1. The molecule has 0 unspecified atom stereocenters. The molecule has 9 nitrogen and oxygen atoms in total. The first-order valence-corrected chi connectivity index (χ1v) is 11.2. The summed E-state index contributed by atoms with van der Waals surface area (Å²) in [6.07, 6.45) is 0.267. The Morgan fingerprint density at radius 1 is 1.10 bits per heavy atom. The maximum Gasteiger partial charge on any atom is 0.334 e. The maximum absolute atomic E-state index is 13.1. The number of benzene rings is 1. The van der Waals surface area contributed by atoms with Crippen LogP contribution in [0.25, 0.3) is 0 Å². The Morgan fingerprint density at radius 3 is 2.28 bits per heavy atom. The molecule has 0 saturated carbocycles. The fraction of sp³-hybridized carbons (Fsp3) is 0.474. The van der Waals surface area contributed by atoms with Crippen LogP contribution in [0.3, 0.4) is 0 Å². The number of urea groups is 1. The van der Waals surface area contributed by atoms with Gasteiger partial charge < -0.3 is 4.90 Å². The van der Waals surface area contributed by atoms with Gasteiger partial charge in [0.15, 0.2) is 9.84 Å². The van der Waals surface area contributed by atoms with E-state index in [1.807, 2.05) is 0 Å². The molecule has 29 heavy (non-hydrogen) atoms. The summed E-state index contributed by atoms with van der Waals surface area (Å²) in [7, 11) is -3.27. The molecule has 0 aliphatic carbocycles. The first kappa shape index (κ1) is 21.0. The van der Waals surface area contributed by atoms with E-state index >= 15 is 0 Å². The molecular weight excluding hydrogens is 398 g/mol. The highest BCUT2D eigenvalue weighted by molar-refractivity contribution is 7.91. The average molecular weight is 421 g/mol. The lowest BCUT2D eigenvalue weighted by Crippen LogP contribution is -2.48. The zero-order valence-corrected chi connectivity index (χ0v) is 17.1. The number of amides is 5. The van der Waals surface area contributed by atoms with Crippen molar-refractivity contribution in [3.8, 4) is 0 Å². The highest BCUT2D eigenvalue weighted by Crippen LogP contribution is 2.25. The van der Waals surface area contributed by atoms with Crippen molar-refractivity contribution < 1.29 is 27.6 Å². The molecule has 1 aromatic carbocycles. The van der Waals surface area contributed by atoms with Gasteiger partial charge in [0, 0.05) is 12.2 Å². The van der Waals surface area contributed by atoms with Gasteiger partial charge in [-0.1, -0.05) is 32.0 Å². The second kappa shape index (κ2) is 7.94. The number of carbonyl (C=O) groups is 4. The molecule has 0 spiro atoms. The molecular formula is C19H23N3O6S. The molecule has 0 N–H and O–H groups in total. The van der Waals surface area contributed by atoms with Gasteiger partial charge in [0.25, 0.3) is 0 Å². The molecule has 2 heterocycles. The van der Waals surface area contributed by atoms with Crippen LogP contribution in [0, 0.1) is 5.92 Å². The summed E-state index contributed by atoms with van der Waals surface area (Å²) >= 11 is 0. The first-order valence-electron chi connectivity index (χ1n) is 9.35. The van der Waals surface area contributed by atoms with Gasteiger partial charge in [-0.3, -0.25) is 19.3 Å². The number of para-hydroxylation sites is 1. The fourth-order valence-corrected chi connectivity index (χ4v) is 5.25. The predicted octanol–water partition coefficient (Wildman–Crippen LogP) is 0.653. The molecule has 2 aliphatic heterocycles. The number of imide groups is 2. The van der Waals surface area contributed by atoms with Crippen molar-refractivity contribution >= 4 is 39.3 Å². The Hall–Kier alpha value is -2.75. The number of hydrogen-bond acceptors (Lipinski definition) is 6. The standard InChI is InChI=1S/C19H23N3O6S/c1-13(2)10-20-17(24)18(25)21(19(20)26)11-16(23)22(14-6-4-3-5-7-14)15-8-9-29(27,28)12-15/h3-7,13,15H,8-12H2,1-2H3/t15-/m1/s1. The summed E-state index contributed by atoms with van der Waals surface area (Å²) in [4.78, 5) is 52.8. The lowest BCUT2D eigenvalue weighted by molar-refractivity contribution is -0.144. The van der Waals surface area contributed by atoms with E-state index in [1.54, 1.807) is 44.2 Å². The van der Waals surface area contributed by atoms with Crippen LogP contribution in [-0.4, -0.2) is 72.6 Å². The van der Waals surface area contributed by atoms with E-state index in [9.17, 15) is 27.6 Å². The van der Waals surface area contributed by atoms with Crippen molar-refractivity contribution in [2.75, 3.05) is 29.5 Å². The van der Waals surface area contributed by atoms with Crippen LogP contribution in [0.5, 0.6) is 0 Å². The molecule has 0 bridgehead atoms. The largest absolute Gasteiger partial charge is 0.334 e. The monoisotopic (exact) mass is 421 g/mol. The topological polar surface area (TPSA) is 112 Å². The van der Waals surface area contributed by atoms with Crippen LogP contribution >= 0.6 is 0 Å². The summed E-state index contributed by atoms with van der Waals surface area (Å²) in [6.45, 7) is 3.06. The minimum atomic E-state index is -3.27. The molecule has 2 aliphatic rings. The van der Waals surface area contributed by atoms with E-state index in [-0.39, 0.29) is 30.4 Å². The fourth-order valence-electron chi connectivity index (χ4n) is 3.55. The minimum Gasteiger partial charge on any atom is -0.307 e. The third-order valence-corrected chi connectivity index (χ3v) is 6.60. The summed E-state index contributed by atoms with van der Waals surface area (Å²) < 4.78 is 23.9. The maximum atomic E-state index is 13.1. The molecule has 1 atom stereocenters. The van der Waals surface area contributed by atoms with Gasteiger partial charge in [-0.25, -0.2) is 18.1 Å². The summed E-state index contributed by atoms with van der Waals surface area (Å²) in [6, 6.07) is 7.07. The smallest absolute Gasteiger partial charge is 0.307 e. The van der Waals surface area contributed by atoms with Gasteiger partial charge in [-0.15, -0.1) is 0 Å². The third-order valence-electron chi connectivity index (χ3n) is 4.85. The summed E-state index contributed by atoms with van der Waals surface area (Å²) in [5.41, 5.74) is 0.476. The lowest BCUT2D eigenvalue weighted by Gasteiger charge is -2.29. The summed E-state index contributed by atoms with van der Waals surface area (Å²) in [5, 5.41) is 0. The number of sulfone groups is 1. The number of carbonyl (C=O) groups excluding carboxylic acids is 4. The number of rotatable bonds is 6. The zero-order valence-electron chi connectivity index (χ0n) is 16.3. The van der Waals surface area contributed by atoms with E-state index in [0.29, 0.717) is 10.6 Å². The highest BCUT2D eigenvalue weighted by atomic mass is 32.2. The van der Waals surface area contributed by atoms with Crippen LogP contribution in [0.4, 0.5) is 10.5 Å². The van der Waals surface area contributed by atoms with Gasteiger partial charge >= 0.3 is 17.8 Å². The van der Waals surface area contributed by atoms with Crippen LogP contribution in [0.2, 0.25) is 0 Å². The van der Waals surface area contributed by atoms with E-state index < -0.39 is 46.2 Å². The van der Waals surface area contributed by atoms with E-state index in [2.05, 4.69) is 0 Å². The average Bonchev–Trinajstić information content (AvgIpc) is 3.10. The second-order valence-corrected chi connectivity index (χ2v) is 9.87. The molecule has 3 rings (SSSR count). The van der Waals surface area contributed by atoms with Crippen molar-refractivity contribution in [1.82, 2.24) is 9.80 Å². The van der Waals surface area contributed by atoms with Gasteiger partial charge in [-0.2, -0.15) is 0 Å². The van der Waals surface area contributed by atoms with Crippen molar-refractivity contribution in [3.63, 3.8) is 0 Å².